The second kappa shape index (κ2) is 10.4. The number of thioether (sulfide) groups is 1. The summed E-state index contributed by atoms with van der Waals surface area (Å²) in [5, 5.41) is 6.65. The van der Waals surface area contributed by atoms with Crippen molar-refractivity contribution in [2.24, 2.45) is 10.9 Å². The first kappa shape index (κ1) is 23.1. The van der Waals surface area contributed by atoms with Crippen LogP contribution in [0.5, 0.6) is 0 Å². The summed E-state index contributed by atoms with van der Waals surface area (Å²) < 4.78 is 43.8. The third kappa shape index (κ3) is 6.97. The summed E-state index contributed by atoms with van der Waals surface area (Å²) in [7, 11) is 1.70. The zero-order valence-corrected chi connectivity index (χ0v) is 18.0. The molecule has 2 fully saturated rings. The van der Waals surface area contributed by atoms with E-state index in [1.807, 2.05) is 11.8 Å². The van der Waals surface area contributed by atoms with Crippen LogP contribution in [0.15, 0.2) is 4.99 Å². The molecule has 148 valence electrons. The van der Waals surface area contributed by atoms with Crippen LogP contribution in [0.3, 0.4) is 0 Å². The number of rotatable bonds is 4. The fraction of sp³-hybridized carbons (Fsp3) is 0.938. The number of guanidine groups is 1. The molecule has 2 N–H and O–H groups in total. The van der Waals surface area contributed by atoms with Crippen LogP contribution in [0.1, 0.15) is 38.5 Å². The summed E-state index contributed by atoms with van der Waals surface area (Å²) in [5.41, 5.74) is 0. The van der Waals surface area contributed by atoms with Crippen molar-refractivity contribution in [3.05, 3.63) is 0 Å². The third-order valence-electron chi connectivity index (χ3n) is 5.17. The average Bonchev–Trinajstić information content (AvgIpc) is 2.59. The highest BCUT2D eigenvalue weighted by molar-refractivity contribution is 14.0. The molecular formula is C16H29F3IN3OS. The molecule has 0 amide bonds. The minimum Gasteiger partial charge on any atom is -0.381 e. The molecular weight excluding hydrogens is 466 g/mol. The maximum Gasteiger partial charge on any atom is 0.391 e. The van der Waals surface area contributed by atoms with E-state index in [1.165, 1.54) is 0 Å². The quantitative estimate of drug-likeness (QED) is 0.354. The Labute approximate surface area is 169 Å². The Morgan fingerprint density at radius 1 is 1.20 bits per heavy atom. The molecule has 1 saturated heterocycles. The van der Waals surface area contributed by atoms with Crippen molar-refractivity contribution in [2.75, 3.05) is 33.1 Å². The smallest absolute Gasteiger partial charge is 0.381 e. The number of nitrogens with one attached hydrogen (secondary N) is 2. The van der Waals surface area contributed by atoms with Crippen molar-refractivity contribution < 1.29 is 17.9 Å². The molecule has 0 bridgehead atoms. The Hall–Kier alpha value is 0.1000. The van der Waals surface area contributed by atoms with E-state index >= 15 is 0 Å². The highest BCUT2D eigenvalue weighted by atomic mass is 127. The van der Waals surface area contributed by atoms with E-state index in [0.29, 0.717) is 18.8 Å². The molecule has 0 aromatic carbocycles. The maximum atomic E-state index is 12.7. The summed E-state index contributed by atoms with van der Waals surface area (Å²) >= 11 is 1.84. The summed E-state index contributed by atoms with van der Waals surface area (Å²) in [6, 6.07) is 0.0646. The van der Waals surface area contributed by atoms with Crippen LogP contribution in [0.25, 0.3) is 0 Å². The summed E-state index contributed by atoms with van der Waals surface area (Å²) in [5.74, 6) is -0.460. The van der Waals surface area contributed by atoms with Crippen molar-refractivity contribution >= 4 is 41.7 Å². The van der Waals surface area contributed by atoms with Crippen molar-refractivity contribution in [3.8, 4) is 0 Å². The first-order valence-electron chi connectivity index (χ1n) is 8.55. The number of hydrogen-bond acceptors (Lipinski definition) is 3. The Bertz CT molecular complexity index is 423. The van der Waals surface area contributed by atoms with Crippen LogP contribution < -0.4 is 10.6 Å². The number of hydrogen-bond donors (Lipinski definition) is 2. The van der Waals surface area contributed by atoms with Crippen LogP contribution in [-0.4, -0.2) is 56.0 Å². The van der Waals surface area contributed by atoms with Crippen LogP contribution in [0, 0.1) is 5.92 Å². The Morgan fingerprint density at radius 3 is 2.28 bits per heavy atom. The van der Waals surface area contributed by atoms with Gasteiger partial charge in [0.05, 0.1) is 5.92 Å². The van der Waals surface area contributed by atoms with Gasteiger partial charge in [-0.1, -0.05) is 0 Å². The lowest BCUT2D eigenvalue weighted by atomic mass is 9.85. The number of aliphatic imine (C=N–C) groups is 1. The molecule has 1 saturated carbocycles. The maximum absolute atomic E-state index is 12.7. The second-order valence-electron chi connectivity index (χ2n) is 6.66. The molecule has 0 radical (unpaired) electrons. The van der Waals surface area contributed by atoms with Gasteiger partial charge in [0.25, 0.3) is 0 Å². The molecule has 0 atom stereocenters. The Kier molecular flexibility index (Phi) is 9.66. The SMILES string of the molecule is CN=C(NCC1(SC)CCOCC1)NC1CCC(C(F)(F)F)CC1.I. The van der Waals surface area contributed by atoms with Crippen LogP contribution in [0.4, 0.5) is 13.2 Å². The van der Waals surface area contributed by atoms with E-state index in [9.17, 15) is 13.2 Å². The highest BCUT2D eigenvalue weighted by Gasteiger charge is 2.41. The van der Waals surface area contributed by atoms with Crippen molar-refractivity contribution in [1.82, 2.24) is 10.6 Å². The van der Waals surface area contributed by atoms with Gasteiger partial charge in [0, 0.05) is 37.6 Å². The normalized spacial score (nSPS) is 27.3. The van der Waals surface area contributed by atoms with Crippen molar-refractivity contribution in [3.63, 3.8) is 0 Å². The highest BCUT2D eigenvalue weighted by Crippen LogP contribution is 2.37. The van der Waals surface area contributed by atoms with Gasteiger partial charge in [-0.2, -0.15) is 24.9 Å². The first-order valence-corrected chi connectivity index (χ1v) is 9.78. The van der Waals surface area contributed by atoms with E-state index in [0.717, 1.165) is 32.6 Å². The molecule has 4 nitrogen and oxygen atoms in total. The van der Waals surface area contributed by atoms with E-state index in [4.69, 9.17) is 4.74 Å². The fourth-order valence-corrected chi connectivity index (χ4v) is 4.19. The number of halogens is 4. The van der Waals surface area contributed by atoms with E-state index in [-0.39, 0.29) is 47.6 Å². The molecule has 9 heteroatoms. The molecule has 0 unspecified atom stereocenters. The molecule has 1 aliphatic carbocycles. The molecule has 1 heterocycles. The van der Waals surface area contributed by atoms with Crippen molar-refractivity contribution in [2.45, 2.75) is 55.5 Å². The number of nitrogens with zero attached hydrogens (tertiary/aromatic N) is 1. The first-order chi connectivity index (χ1) is 11.4. The van der Waals surface area contributed by atoms with Gasteiger partial charge in [0.1, 0.15) is 0 Å². The summed E-state index contributed by atoms with van der Waals surface area (Å²) in [4.78, 5) is 4.23. The Balaban J connectivity index is 0.00000312. The molecule has 0 spiro atoms. The predicted molar refractivity (Wildman–Crippen MR) is 108 cm³/mol. The van der Waals surface area contributed by atoms with Crippen LogP contribution in [0.2, 0.25) is 0 Å². The van der Waals surface area contributed by atoms with Crippen LogP contribution >= 0.6 is 35.7 Å². The molecule has 2 rings (SSSR count). The molecule has 25 heavy (non-hydrogen) atoms. The monoisotopic (exact) mass is 495 g/mol. The van der Waals surface area contributed by atoms with E-state index in [2.05, 4.69) is 21.9 Å². The zero-order chi connectivity index (χ0) is 17.6. The number of alkyl halides is 3. The van der Waals surface area contributed by atoms with Gasteiger partial charge < -0.3 is 15.4 Å². The standard InChI is InChI=1S/C16H28F3N3OS.HI/c1-20-14(21-11-15(24-2)7-9-23-10-8-15)22-13-5-3-12(4-6-13)16(17,18)19;/h12-13H,3-11H2,1-2H3,(H2,20,21,22);1H. The van der Waals surface area contributed by atoms with Gasteiger partial charge in [-0.05, 0) is 44.8 Å². The summed E-state index contributed by atoms with van der Waals surface area (Å²) in [6.45, 7) is 2.33. The Morgan fingerprint density at radius 2 is 1.80 bits per heavy atom. The van der Waals surface area contributed by atoms with Gasteiger partial charge >= 0.3 is 6.18 Å². The minimum absolute atomic E-state index is 0. The van der Waals surface area contributed by atoms with Crippen molar-refractivity contribution in [1.29, 1.82) is 0 Å². The van der Waals surface area contributed by atoms with E-state index < -0.39 is 12.1 Å². The van der Waals surface area contributed by atoms with Gasteiger partial charge in [0.2, 0.25) is 0 Å². The molecule has 0 aromatic heterocycles. The van der Waals surface area contributed by atoms with Gasteiger partial charge in [-0.3, -0.25) is 4.99 Å². The number of ether oxygens (including phenoxy) is 1. The topological polar surface area (TPSA) is 45.7 Å². The fourth-order valence-electron chi connectivity index (χ4n) is 3.39. The lowest BCUT2D eigenvalue weighted by Gasteiger charge is -2.37. The van der Waals surface area contributed by atoms with E-state index in [1.54, 1.807) is 7.05 Å². The lowest BCUT2D eigenvalue weighted by Crippen LogP contribution is -2.50. The zero-order valence-electron chi connectivity index (χ0n) is 14.8. The molecule has 2 aliphatic rings. The second-order valence-corrected chi connectivity index (χ2v) is 7.93. The van der Waals surface area contributed by atoms with Gasteiger partial charge in [-0.15, -0.1) is 24.0 Å². The molecule has 0 aromatic rings. The van der Waals surface area contributed by atoms with Crippen LogP contribution in [-0.2, 0) is 4.74 Å². The van der Waals surface area contributed by atoms with Gasteiger partial charge in [0.15, 0.2) is 5.96 Å². The minimum atomic E-state index is -4.06. The van der Waals surface area contributed by atoms with Gasteiger partial charge in [-0.25, -0.2) is 0 Å². The average molecular weight is 495 g/mol. The third-order valence-corrected chi connectivity index (χ3v) is 6.59. The largest absolute Gasteiger partial charge is 0.391 e. The lowest BCUT2D eigenvalue weighted by molar-refractivity contribution is -0.182. The summed E-state index contributed by atoms with van der Waals surface area (Å²) in [6.07, 6.45) is 1.51. The molecule has 1 aliphatic heterocycles. The predicted octanol–water partition coefficient (Wildman–Crippen LogP) is 3.80.